The molecule has 0 spiro atoms. The molecule has 3 aromatic rings. The Hall–Kier alpha value is -4.10. The zero-order valence-electron chi connectivity index (χ0n) is 26.3. The van der Waals surface area contributed by atoms with Gasteiger partial charge in [0, 0.05) is 61.1 Å². The van der Waals surface area contributed by atoms with E-state index in [-0.39, 0.29) is 18.7 Å². The lowest BCUT2D eigenvalue weighted by Crippen LogP contribution is -2.57. The van der Waals surface area contributed by atoms with Gasteiger partial charge in [-0.3, -0.25) is 4.90 Å². The topological polar surface area (TPSA) is 78.6 Å². The van der Waals surface area contributed by atoms with Crippen LogP contribution in [-0.4, -0.2) is 96.5 Å². The minimum absolute atomic E-state index is 0.223. The van der Waals surface area contributed by atoms with Crippen molar-refractivity contribution in [2.45, 2.75) is 64.3 Å². The molecule has 0 aliphatic carbocycles. The number of hydrogen-bond acceptors (Lipinski definition) is 8. The fourth-order valence-corrected chi connectivity index (χ4v) is 6.66. The van der Waals surface area contributed by atoms with E-state index in [2.05, 4.69) is 63.0 Å². The van der Waals surface area contributed by atoms with E-state index in [9.17, 15) is 4.79 Å². The molecule has 0 radical (unpaired) electrons. The van der Waals surface area contributed by atoms with E-state index in [4.69, 9.17) is 26.0 Å². The highest BCUT2D eigenvalue weighted by molar-refractivity contribution is 5.92. The van der Waals surface area contributed by atoms with Gasteiger partial charge in [0.05, 0.1) is 12.2 Å². The average molecular weight is 598 g/mol. The summed E-state index contributed by atoms with van der Waals surface area (Å²) in [6.45, 7) is 18.3. The van der Waals surface area contributed by atoms with Crippen LogP contribution in [0.15, 0.2) is 42.6 Å². The van der Waals surface area contributed by atoms with Crippen molar-refractivity contribution in [3.05, 3.63) is 65.3 Å². The second kappa shape index (κ2) is 12.5. The van der Waals surface area contributed by atoms with Crippen LogP contribution in [0.5, 0.6) is 5.88 Å². The van der Waals surface area contributed by atoms with E-state index in [0.29, 0.717) is 44.7 Å². The maximum absolute atomic E-state index is 13.1. The molecule has 2 fully saturated rings. The Bertz CT molecular complexity index is 1540. The predicted octanol–water partition coefficient (Wildman–Crippen LogP) is 5.01. The molecule has 6 rings (SSSR count). The molecule has 1 amide bonds. The summed E-state index contributed by atoms with van der Waals surface area (Å²) in [6.07, 6.45) is 4.65. The first-order valence-corrected chi connectivity index (χ1v) is 15.7. The van der Waals surface area contributed by atoms with E-state index in [1.54, 1.807) is 4.90 Å². The van der Waals surface area contributed by atoms with E-state index in [1.807, 2.05) is 27.0 Å². The molecule has 0 bridgehead atoms. The molecule has 232 valence electrons. The minimum Gasteiger partial charge on any atom is -0.476 e. The number of carbonyl (C=O) groups excluding carboxylic acids is 1. The van der Waals surface area contributed by atoms with Crippen LogP contribution in [0.1, 0.15) is 44.9 Å². The quantitative estimate of drug-likeness (QED) is 0.367. The van der Waals surface area contributed by atoms with Gasteiger partial charge in [-0.05, 0) is 65.1 Å². The van der Waals surface area contributed by atoms with Crippen molar-refractivity contribution in [2.24, 2.45) is 0 Å². The van der Waals surface area contributed by atoms with Crippen molar-refractivity contribution in [2.75, 3.05) is 62.7 Å². The summed E-state index contributed by atoms with van der Waals surface area (Å²) in [5.74, 6) is 1.60. The fraction of sp³-hybridized carbons (Fsp3) is 0.529. The standard InChI is InChI=1S/C34H43N7O3/c1-34(2,3)44-33(42)41-18-17-39(21-26(41)20-35-4)30-19-31(43-23-25-10-8-15-38(25)5)37-29-22-40(16-13-28(29)30)32-27-11-7-6-9-24(27)12-14-36-32/h6-7,9,11-12,14,19,25-26H,8,10,13,15-18,20-23H2,1-3,5H3/t25-,26?/m0/s1. The first-order valence-electron chi connectivity index (χ1n) is 15.7. The summed E-state index contributed by atoms with van der Waals surface area (Å²) in [6, 6.07) is 12.6. The van der Waals surface area contributed by atoms with E-state index in [0.717, 1.165) is 48.5 Å². The SMILES string of the molecule is [C-]#[N+]CC1CN(c2cc(OC[C@@H]3CCCN3C)nc3c2CCN(c2nccc4ccccc24)C3)CCN1C(=O)OC(C)(C)C. The lowest BCUT2D eigenvalue weighted by atomic mass is 10.00. The Kier molecular flexibility index (Phi) is 8.50. The number of piperazine rings is 1. The molecule has 1 unspecified atom stereocenters. The third kappa shape index (κ3) is 6.39. The van der Waals surface area contributed by atoms with Gasteiger partial charge in [-0.15, -0.1) is 0 Å². The third-order valence-electron chi connectivity index (χ3n) is 8.94. The number of carbonyl (C=O) groups is 1. The molecule has 2 aromatic heterocycles. The van der Waals surface area contributed by atoms with Crippen molar-refractivity contribution < 1.29 is 14.3 Å². The number of fused-ring (bicyclic) bond motifs is 2. The first kappa shape index (κ1) is 29.9. The van der Waals surface area contributed by atoms with E-state index in [1.165, 1.54) is 17.4 Å². The van der Waals surface area contributed by atoms with Crippen molar-refractivity contribution in [1.29, 1.82) is 0 Å². The molecule has 44 heavy (non-hydrogen) atoms. The second-order valence-corrected chi connectivity index (χ2v) is 13.1. The van der Waals surface area contributed by atoms with Gasteiger partial charge in [0.25, 0.3) is 0 Å². The van der Waals surface area contributed by atoms with Gasteiger partial charge in [-0.2, -0.15) is 0 Å². The molecule has 10 nitrogen and oxygen atoms in total. The van der Waals surface area contributed by atoms with Crippen LogP contribution in [0.4, 0.5) is 16.3 Å². The number of likely N-dealkylation sites (tertiary alicyclic amines) is 1. The molecule has 1 aromatic carbocycles. The number of nitrogens with zero attached hydrogens (tertiary/aromatic N) is 7. The second-order valence-electron chi connectivity index (χ2n) is 13.1. The molecule has 3 aliphatic heterocycles. The van der Waals surface area contributed by atoms with E-state index >= 15 is 0 Å². The monoisotopic (exact) mass is 597 g/mol. The molecular formula is C34H43N7O3. The van der Waals surface area contributed by atoms with Gasteiger partial charge >= 0.3 is 6.09 Å². The summed E-state index contributed by atoms with van der Waals surface area (Å²) in [5.41, 5.74) is 2.70. The van der Waals surface area contributed by atoms with Crippen LogP contribution in [0.3, 0.4) is 0 Å². The van der Waals surface area contributed by atoms with Crippen LogP contribution in [0, 0.1) is 6.57 Å². The van der Waals surface area contributed by atoms with Gasteiger partial charge in [0.1, 0.15) is 24.1 Å². The Morgan fingerprint density at radius 3 is 2.70 bits per heavy atom. The number of rotatable bonds is 6. The maximum atomic E-state index is 13.1. The normalized spacial score (nSPS) is 20.8. The molecular weight excluding hydrogens is 554 g/mol. The molecule has 2 saturated heterocycles. The van der Waals surface area contributed by atoms with Gasteiger partial charge in [-0.1, -0.05) is 24.3 Å². The Morgan fingerprint density at radius 2 is 1.93 bits per heavy atom. The van der Waals surface area contributed by atoms with Gasteiger partial charge in [0.15, 0.2) is 0 Å². The van der Waals surface area contributed by atoms with Gasteiger partial charge in [-0.25, -0.2) is 21.3 Å². The van der Waals surface area contributed by atoms with Crippen LogP contribution in [-0.2, 0) is 17.7 Å². The number of aromatic nitrogens is 2. The molecule has 3 aliphatic rings. The number of pyridine rings is 2. The largest absolute Gasteiger partial charge is 0.476 e. The Morgan fingerprint density at radius 1 is 1.09 bits per heavy atom. The lowest BCUT2D eigenvalue weighted by Gasteiger charge is -2.42. The van der Waals surface area contributed by atoms with Crippen molar-refractivity contribution in [1.82, 2.24) is 19.8 Å². The summed E-state index contributed by atoms with van der Waals surface area (Å²) in [5, 5.41) is 2.30. The first-order chi connectivity index (χ1) is 21.2. The zero-order chi connectivity index (χ0) is 30.8. The average Bonchev–Trinajstić information content (AvgIpc) is 3.42. The number of hydrogen-bond donors (Lipinski definition) is 0. The zero-order valence-corrected chi connectivity index (χ0v) is 26.3. The number of anilines is 2. The number of amides is 1. The summed E-state index contributed by atoms with van der Waals surface area (Å²) in [7, 11) is 2.16. The van der Waals surface area contributed by atoms with Crippen molar-refractivity contribution >= 4 is 28.4 Å². The molecule has 0 saturated carbocycles. The van der Waals surface area contributed by atoms with Crippen molar-refractivity contribution in [3.8, 4) is 5.88 Å². The van der Waals surface area contributed by atoms with Crippen LogP contribution in [0.25, 0.3) is 15.6 Å². The molecule has 10 heteroatoms. The highest BCUT2D eigenvalue weighted by Gasteiger charge is 2.37. The lowest BCUT2D eigenvalue weighted by molar-refractivity contribution is 0.0156. The van der Waals surface area contributed by atoms with Gasteiger partial charge < -0.3 is 29.0 Å². The highest BCUT2D eigenvalue weighted by Crippen LogP contribution is 2.36. The van der Waals surface area contributed by atoms with Crippen LogP contribution in [0.2, 0.25) is 0 Å². The smallest absolute Gasteiger partial charge is 0.410 e. The number of benzene rings is 1. The molecule has 0 N–H and O–H groups in total. The Labute approximate surface area is 260 Å². The fourth-order valence-electron chi connectivity index (χ4n) is 6.66. The number of ether oxygens (including phenoxy) is 2. The molecule has 5 heterocycles. The predicted molar refractivity (Wildman–Crippen MR) is 172 cm³/mol. The molecule has 2 atom stereocenters. The van der Waals surface area contributed by atoms with E-state index < -0.39 is 5.60 Å². The number of likely N-dealkylation sites (N-methyl/N-ethyl adjacent to an activating group) is 1. The van der Waals surface area contributed by atoms with Crippen LogP contribution >= 0.6 is 0 Å². The highest BCUT2D eigenvalue weighted by atomic mass is 16.6. The summed E-state index contributed by atoms with van der Waals surface area (Å²) < 4.78 is 12.1. The minimum atomic E-state index is -0.592. The summed E-state index contributed by atoms with van der Waals surface area (Å²) >= 11 is 0. The Balaban J connectivity index is 1.30. The summed E-state index contributed by atoms with van der Waals surface area (Å²) in [4.78, 5) is 35.3. The van der Waals surface area contributed by atoms with Crippen LogP contribution < -0.4 is 14.5 Å². The maximum Gasteiger partial charge on any atom is 0.410 e. The van der Waals surface area contributed by atoms with Crippen molar-refractivity contribution in [3.63, 3.8) is 0 Å². The van der Waals surface area contributed by atoms with Gasteiger partial charge in [0.2, 0.25) is 12.4 Å². The third-order valence-corrected chi connectivity index (χ3v) is 8.94.